The molecule has 1 heterocycles. The number of rotatable bonds is 7. The van der Waals surface area contributed by atoms with Gasteiger partial charge in [-0.05, 0) is 43.9 Å². The van der Waals surface area contributed by atoms with Crippen LogP contribution in [0.4, 0.5) is 4.39 Å². The lowest BCUT2D eigenvalue weighted by molar-refractivity contribution is 0.0974. The first kappa shape index (κ1) is 14.5. The van der Waals surface area contributed by atoms with Crippen molar-refractivity contribution in [2.45, 2.75) is 44.6 Å². The highest BCUT2D eigenvalue weighted by atomic mass is 19.1. The zero-order chi connectivity index (χ0) is 13.5. The van der Waals surface area contributed by atoms with E-state index in [1.165, 1.54) is 0 Å². The molecule has 2 nitrogen and oxygen atoms in total. The molecule has 3 heteroatoms. The van der Waals surface area contributed by atoms with Gasteiger partial charge in [-0.2, -0.15) is 0 Å². The number of ether oxygens (including phenoxy) is 1. The van der Waals surface area contributed by atoms with Crippen LogP contribution in [-0.2, 0) is 4.74 Å². The van der Waals surface area contributed by atoms with Gasteiger partial charge in [0.1, 0.15) is 5.82 Å². The third kappa shape index (κ3) is 4.29. The molecule has 2 rings (SSSR count). The van der Waals surface area contributed by atoms with Gasteiger partial charge >= 0.3 is 0 Å². The second-order valence-electron chi connectivity index (χ2n) is 5.29. The Bertz CT molecular complexity index is 377. The second-order valence-corrected chi connectivity index (χ2v) is 5.29. The van der Waals surface area contributed by atoms with Crippen LogP contribution in [0.2, 0.25) is 0 Å². The van der Waals surface area contributed by atoms with Crippen LogP contribution in [0.3, 0.4) is 0 Å². The number of hydrogen-bond donors (Lipinski definition) is 1. The maximum absolute atomic E-state index is 14.0. The van der Waals surface area contributed by atoms with Crippen molar-refractivity contribution in [1.29, 1.82) is 0 Å². The molecule has 1 fully saturated rings. The molecule has 1 aliphatic heterocycles. The van der Waals surface area contributed by atoms with Crippen LogP contribution in [0.5, 0.6) is 0 Å². The number of nitrogens with one attached hydrogen (secondary N) is 1. The smallest absolute Gasteiger partial charge is 0.126 e. The van der Waals surface area contributed by atoms with E-state index in [9.17, 15) is 4.39 Å². The Morgan fingerprint density at radius 1 is 1.42 bits per heavy atom. The molecular weight excluding hydrogens is 241 g/mol. The fourth-order valence-electron chi connectivity index (χ4n) is 2.73. The summed E-state index contributed by atoms with van der Waals surface area (Å²) in [4.78, 5) is 0. The fourth-order valence-corrected chi connectivity index (χ4v) is 2.73. The van der Waals surface area contributed by atoms with Crippen molar-refractivity contribution in [3.8, 4) is 0 Å². The predicted molar refractivity (Wildman–Crippen MR) is 75.9 cm³/mol. The molecule has 2 atom stereocenters. The van der Waals surface area contributed by atoms with E-state index in [4.69, 9.17) is 4.74 Å². The summed E-state index contributed by atoms with van der Waals surface area (Å²) in [6, 6.07) is 7.13. The minimum Gasteiger partial charge on any atom is -0.378 e. The molecule has 0 aromatic heterocycles. The summed E-state index contributed by atoms with van der Waals surface area (Å²) in [5.74, 6) is 0.111. The first-order chi connectivity index (χ1) is 9.31. The molecule has 0 aliphatic carbocycles. The summed E-state index contributed by atoms with van der Waals surface area (Å²) in [6.45, 7) is 4.81. The van der Waals surface area contributed by atoms with E-state index in [1.807, 2.05) is 12.1 Å². The molecule has 0 spiro atoms. The fraction of sp³-hybridized carbons (Fsp3) is 0.625. The number of halogens is 1. The Hall–Kier alpha value is -0.930. The van der Waals surface area contributed by atoms with Gasteiger partial charge in [0.15, 0.2) is 0 Å². The van der Waals surface area contributed by atoms with Gasteiger partial charge in [0.05, 0.1) is 6.10 Å². The van der Waals surface area contributed by atoms with Gasteiger partial charge in [-0.25, -0.2) is 4.39 Å². The molecule has 106 valence electrons. The minimum absolute atomic E-state index is 0.0937. The molecule has 0 amide bonds. The first-order valence-corrected chi connectivity index (χ1v) is 7.38. The third-order valence-electron chi connectivity index (χ3n) is 3.73. The lowest BCUT2D eigenvalue weighted by Gasteiger charge is -2.21. The number of hydrogen-bond acceptors (Lipinski definition) is 2. The van der Waals surface area contributed by atoms with Gasteiger partial charge in [-0.3, -0.25) is 0 Å². The molecule has 0 bridgehead atoms. The van der Waals surface area contributed by atoms with Gasteiger partial charge in [-0.1, -0.05) is 25.1 Å². The molecule has 1 aliphatic rings. The molecular formula is C16H24FNO. The van der Waals surface area contributed by atoms with Gasteiger partial charge in [-0.15, -0.1) is 0 Å². The van der Waals surface area contributed by atoms with E-state index < -0.39 is 0 Å². The summed E-state index contributed by atoms with van der Waals surface area (Å²) >= 11 is 0. The zero-order valence-electron chi connectivity index (χ0n) is 11.7. The van der Waals surface area contributed by atoms with Crippen molar-refractivity contribution in [3.63, 3.8) is 0 Å². The number of benzene rings is 1. The monoisotopic (exact) mass is 265 g/mol. The van der Waals surface area contributed by atoms with Crippen LogP contribution in [0, 0.1) is 5.82 Å². The lowest BCUT2D eigenvalue weighted by atomic mass is 9.91. The highest BCUT2D eigenvalue weighted by Gasteiger charge is 2.23. The largest absolute Gasteiger partial charge is 0.378 e. The van der Waals surface area contributed by atoms with Crippen molar-refractivity contribution in [1.82, 2.24) is 5.32 Å². The van der Waals surface area contributed by atoms with Crippen LogP contribution in [0.15, 0.2) is 24.3 Å². The van der Waals surface area contributed by atoms with E-state index in [-0.39, 0.29) is 11.7 Å². The van der Waals surface area contributed by atoms with Crippen LogP contribution >= 0.6 is 0 Å². The molecule has 1 aromatic carbocycles. The standard InChI is InChI=1S/C16H24FNO/c1-2-9-18-12-13(11-14-6-5-10-19-14)15-7-3-4-8-16(15)17/h3-4,7-8,13-14,18H,2,5-6,9-12H2,1H3. The summed E-state index contributed by atoms with van der Waals surface area (Å²) in [5, 5.41) is 3.41. The van der Waals surface area contributed by atoms with Crippen molar-refractivity contribution in [2.75, 3.05) is 19.7 Å². The van der Waals surface area contributed by atoms with Crippen LogP contribution in [0.25, 0.3) is 0 Å². The van der Waals surface area contributed by atoms with Crippen LogP contribution in [-0.4, -0.2) is 25.8 Å². The average Bonchev–Trinajstić information content (AvgIpc) is 2.91. The summed E-state index contributed by atoms with van der Waals surface area (Å²) in [7, 11) is 0. The molecule has 0 radical (unpaired) electrons. The van der Waals surface area contributed by atoms with E-state index >= 15 is 0 Å². The summed E-state index contributed by atoms with van der Waals surface area (Å²) in [6.07, 6.45) is 4.56. The molecule has 1 saturated heterocycles. The zero-order valence-corrected chi connectivity index (χ0v) is 11.7. The van der Waals surface area contributed by atoms with E-state index in [1.54, 1.807) is 12.1 Å². The Labute approximate surface area is 115 Å². The van der Waals surface area contributed by atoms with E-state index in [2.05, 4.69) is 12.2 Å². The first-order valence-electron chi connectivity index (χ1n) is 7.38. The molecule has 2 unspecified atom stereocenters. The Morgan fingerprint density at radius 3 is 2.95 bits per heavy atom. The summed E-state index contributed by atoms with van der Waals surface area (Å²) in [5.41, 5.74) is 0.821. The quantitative estimate of drug-likeness (QED) is 0.762. The predicted octanol–water partition coefficient (Wildman–Crippen LogP) is 3.48. The van der Waals surface area contributed by atoms with Crippen LogP contribution < -0.4 is 5.32 Å². The Morgan fingerprint density at radius 2 is 2.26 bits per heavy atom. The highest BCUT2D eigenvalue weighted by Crippen LogP contribution is 2.28. The van der Waals surface area contributed by atoms with Gasteiger partial charge in [0.2, 0.25) is 0 Å². The van der Waals surface area contributed by atoms with E-state index in [0.29, 0.717) is 6.10 Å². The Kier molecular flexibility index (Phi) is 5.80. The second kappa shape index (κ2) is 7.61. The molecule has 1 N–H and O–H groups in total. The molecule has 0 saturated carbocycles. The summed E-state index contributed by atoms with van der Waals surface area (Å²) < 4.78 is 19.7. The lowest BCUT2D eigenvalue weighted by Crippen LogP contribution is -2.25. The molecule has 19 heavy (non-hydrogen) atoms. The maximum atomic E-state index is 14.0. The topological polar surface area (TPSA) is 21.3 Å². The van der Waals surface area contributed by atoms with Gasteiger partial charge in [0.25, 0.3) is 0 Å². The minimum atomic E-state index is -0.0937. The highest BCUT2D eigenvalue weighted by molar-refractivity contribution is 5.22. The third-order valence-corrected chi connectivity index (χ3v) is 3.73. The van der Waals surface area contributed by atoms with Crippen molar-refractivity contribution >= 4 is 0 Å². The van der Waals surface area contributed by atoms with Crippen molar-refractivity contribution in [2.24, 2.45) is 0 Å². The van der Waals surface area contributed by atoms with Gasteiger partial charge < -0.3 is 10.1 Å². The SMILES string of the molecule is CCCNCC(CC1CCCO1)c1ccccc1F. The van der Waals surface area contributed by atoms with E-state index in [0.717, 1.165) is 50.9 Å². The van der Waals surface area contributed by atoms with Gasteiger partial charge in [0, 0.05) is 19.1 Å². The van der Waals surface area contributed by atoms with Crippen molar-refractivity contribution < 1.29 is 9.13 Å². The normalized spacial score (nSPS) is 20.6. The van der Waals surface area contributed by atoms with Crippen LogP contribution in [0.1, 0.15) is 44.1 Å². The average molecular weight is 265 g/mol. The van der Waals surface area contributed by atoms with Crippen molar-refractivity contribution in [3.05, 3.63) is 35.6 Å². The Balaban J connectivity index is 2.02. The molecule has 1 aromatic rings. The maximum Gasteiger partial charge on any atom is 0.126 e.